The molecule has 0 radical (unpaired) electrons. The minimum Gasteiger partial charge on any atom is -0.406 e. The molecule has 1 unspecified atom stereocenters. The van der Waals surface area contributed by atoms with Gasteiger partial charge in [-0.3, -0.25) is 9.59 Å². The Labute approximate surface area is 162 Å². The Balaban J connectivity index is 1.69. The second-order valence-corrected chi connectivity index (χ2v) is 6.66. The van der Waals surface area contributed by atoms with Crippen LogP contribution in [0.15, 0.2) is 42.5 Å². The summed E-state index contributed by atoms with van der Waals surface area (Å²) in [6.07, 6.45) is -3.81. The number of halogens is 5. The third-order valence-electron chi connectivity index (χ3n) is 4.62. The maximum absolute atomic E-state index is 13.4. The van der Waals surface area contributed by atoms with E-state index in [0.29, 0.717) is 19.4 Å². The van der Waals surface area contributed by atoms with Gasteiger partial charge in [-0.1, -0.05) is 0 Å². The Bertz CT molecular complexity index is 911. The molecule has 2 aromatic carbocycles. The molecule has 0 N–H and O–H groups in total. The zero-order chi connectivity index (χ0) is 21.2. The monoisotopic (exact) mass is 413 g/mol. The number of piperidine rings is 1. The number of likely N-dealkylation sites (tertiary alicyclic amines) is 1. The molecule has 1 saturated heterocycles. The van der Waals surface area contributed by atoms with Crippen LogP contribution in [0, 0.1) is 17.6 Å². The summed E-state index contributed by atoms with van der Waals surface area (Å²) in [5, 5.41) is 0. The van der Waals surface area contributed by atoms with Crippen LogP contribution in [0.5, 0.6) is 5.75 Å². The van der Waals surface area contributed by atoms with Gasteiger partial charge in [-0.2, -0.15) is 0 Å². The van der Waals surface area contributed by atoms with Crippen LogP contribution in [0.25, 0.3) is 0 Å². The molecule has 1 fully saturated rings. The zero-order valence-electron chi connectivity index (χ0n) is 15.0. The van der Waals surface area contributed by atoms with Crippen molar-refractivity contribution in [2.24, 2.45) is 5.92 Å². The van der Waals surface area contributed by atoms with Gasteiger partial charge in [0.15, 0.2) is 17.4 Å². The first kappa shape index (κ1) is 20.8. The molecule has 0 bridgehead atoms. The minimum atomic E-state index is -4.83. The van der Waals surface area contributed by atoms with E-state index in [0.717, 1.165) is 24.3 Å². The smallest absolute Gasteiger partial charge is 0.406 e. The molecule has 0 spiro atoms. The molecule has 1 atom stereocenters. The molecule has 0 aliphatic carbocycles. The topological polar surface area (TPSA) is 46.6 Å². The van der Waals surface area contributed by atoms with Crippen LogP contribution < -0.4 is 4.74 Å². The number of Topliss-reactive ketones (excluding diaryl/α,β-unsaturated/α-hetero) is 1. The van der Waals surface area contributed by atoms with Crippen LogP contribution in [-0.2, 0) is 0 Å². The fourth-order valence-electron chi connectivity index (χ4n) is 3.24. The highest BCUT2D eigenvalue weighted by molar-refractivity contribution is 5.99. The van der Waals surface area contributed by atoms with E-state index in [1.807, 2.05) is 0 Å². The van der Waals surface area contributed by atoms with Gasteiger partial charge in [-0.05, 0) is 55.3 Å². The van der Waals surface area contributed by atoms with E-state index >= 15 is 0 Å². The van der Waals surface area contributed by atoms with Gasteiger partial charge >= 0.3 is 6.36 Å². The van der Waals surface area contributed by atoms with Gasteiger partial charge in [0.05, 0.1) is 0 Å². The van der Waals surface area contributed by atoms with Crippen molar-refractivity contribution < 1.29 is 36.3 Å². The minimum absolute atomic E-state index is 0.0249. The van der Waals surface area contributed by atoms with E-state index < -0.39 is 41.4 Å². The summed E-state index contributed by atoms with van der Waals surface area (Å²) in [7, 11) is 0. The van der Waals surface area contributed by atoms with E-state index in [2.05, 4.69) is 4.74 Å². The predicted molar refractivity (Wildman–Crippen MR) is 92.4 cm³/mol. The molecule has 154 valence electrons. The first-order chi connectivity index (χ1) is 13.6. The number of hydrogen-bond donors (Lipinski definition) is 0. The fraction of sp³-hybridized carbons (Fsp3) is 0.300. The lowest BCUT2D eigenvalue weighted by molar-refractivity contribution is -0.274. The Kier molecular flexibility index (Phi) is 5.86. The van der Waals surface area contributed by atoms with Crippen molar-refractivity contribution in [2.45, 2.75) is 19.2 Å². The molecular formula is C20H16F5NO3. The molecule has 0 aromatic heterocycles. The average Bonchev–Trinajstić information content (AvgIpc) is 2.68. The summed E-state index contributed by atoms with van der Waals surface area (Å²) >= 11 is 0. The summed E-state index contributed by atoms with van der Waals surface area (Å²) in [5.41, 5.74) is 0.178. The Hall–Kier alpha value is -2.97. The number of ether oxygens (including phenoxy) is 1. The van der Waals surface area contributed by atoms with Gasteiger partial charge in [-0.25, -0.2) is 8.78 Å². The first-order valence-corrected chi connectivity index (χ1v) is 8.78. The SMILES string of the molecule is O=C(c1ccc(F)c(F)c1)C1CCCN(C(=O)c2ccc(OC(F)(F)F)cc2)C1. The normalized spacial score (nSPS) is 17.1. The molecule has 29 heavy (non-hydrogen) atoms. The number of hydrogen-bond acceptors (Lipinski definition) is 3. The Morgan fingerprint density at radius 3 is 2.24 bits per heavy atom. The summed E-state index contributed by atoms with van der Waals surface area (Å²) in [6.45, 7) is 0.457. The lowest BCUT2D eigenvalue weighted by atomic mass is 9.89. The lowest BCUT2D eigenvalue weighted by Crippen LogP contribution is -2.42. The number of rotatable bonds is 4. The van der Waals surface area contributed by atoms with Gasteiger partial charge in [0, 0.05) is 30.1 Å². The van der Waals surface area contributed by atoms with Crippen LogP contribution in [0.2, 0.25) is 0 Å². The number of alkyl halides is 3. The summed E-state index contributed by atoms with van der Waals surface area (Å²) in [4.78, 5) is 26.7. The molecule has 1 aliphatic heterocycles. The van der Waals surface area contributed by atoms with Crippen LogP contribution in [0.1, 0.15) is 33.6 Å². The first-order valence-electron chi connectivity index (χ1n) is 8.78. The van der Waals surface area contributed by atoms with E-state index in [4.69, 9.17) is 0 Å². The molecule has 0 saturated carbocycles. The molecule has 1 heterocycles. The third-order valence-corrected chi connectivity index (χ3v) is 4.62. The van der Waals surface area contributed by atoms with Crippen LogP contribution in [0.4, 0.5) is 22.0 Å². The van der Waals surface area contributed by atoms with E-state index in [1.54, 1.807) is 0 Å². The third kappa shape index (κ3) is 5.10. The number of carbonyl (C=O) groups excluding carboxylic acids is 2. The molecule has 1 aliphatic rings. The van der Waals surface area contributed by atoms with Crippen molar-refractivity contribution in [1.29, 1.82) is 0 Å². The standard InChI is InChI=1S/C20H16F5NO3/c21-16-8-5-13(10-17(16)22)18(27)14-2-1-9-26(11-14)19(28)12-3-6-15(7-4-12)29-20(23,24)25/h3-8,10,14H,1-2,9,11H2. The maximum atomic E-state index is 13.4. The van der Waals surface area contributed by atoms with Gasteiger partial charge < -0.3 is 9.64 Å². The Morgan fingerprint density at radius 1 is 0.966 bits per heavy atom. The van der Waals surface area contributed by atoms with Gasteiger partial charge in [-0.15, -0.1) is 13.2 Å². The molecular weight excluding hydrogens is 397 g/mol. The molecule has 1 amide bonds. The fourth-order valence-corrected chi connectivity index (χ4v) is 3.24. The van der Waals surface area contributed by atoms with Crippen molar-refractivity contribution in [1.82, 2.24) is 4.90 Å². The summed E-state index contributed by atoms with van der Waals surface area (Å²) in [5.74, 6) is -4.04. The van der Waals surface area contributed by atoms with E-state index in [-0.39, 0.29) is 17.7 Å². The summed E-state index contributed by atoms with van der Waals surface area (Å²) in [6, 6.07) is 7.40. The average molecular weight is 413 g/mol. The highest BCUT2D eigenvalue weighted by Gasteiger charge is 2.32. The molecule has 9 heteroatoms. The van der Waals surface area contributed by atoms with Crippen molar-refractivity contribution >= 4 is 11.7 Å². The largest absolute Gasteiger partial charge is 0.573 e. The number of benzene rings is 2. The van der Waals surface area contributed by atoms with Gasteiger partial charge in [0.1, 0.15) is 5.75 Å². The van der Waals surface area contributed by atoms with E-state index in [9.17, 15) is 31.5 Å². The predicted octanol–water partition coefficient (Wildman–Crippen LogP) is 4.60. The number of carbonyl (C=O) groups is 2. The maximum Gasteiger partial charge on any atom is 0.573 e. The van der Waals surface area contributed by atoms with Crippen molar-refractivity contribution in [2.75, 3.05) is 13.1 Å². The number of nitrogens with zero attached hydrogens (tertiary/aromatic N) is 1. The van der Waals surface area contributed by atoms with Crippen LogP contribution in [-0.4, -0.2) is 36.0 Å². The van der Waals surface area contributed by atoms with Crippen LogP contribution >= 0.6 is 0 Å². The highest BCUT2D eigenvalue weighted by Crippen LogP contribution is 2.25. The highest BCUT2D eigenvalue weighted by atomic mass is 19.4. The number of ketones is 1. The van der Waals surface area contributed by atoms with Crippen molar-refractivity contribution in [3.8, 4) is 5.75 Å². The van der Waals surface area contributed by atoms with Crippen molar-refractivity contribution in [3.63, 3.8) is 0 Å². The zero-order valence-corrected chi connectivity index (χ0v) is 15.0. The van der Waals surface area contributed by atoms with Crippen LogP contribution in [0.3, 0.4) is 0 Å². The molecule has 3 rings (SSSR count). The van der Waals surface area contributed by atoms with Gasteiger partial charge in [0.2, 0.25) is 0 Å². The number of amides is 1. The molecule has 4 nitrogen and oxygen atoms in total. The van der Waals surface area contributed by atoms with Gasteiger partial charge in [0.25, 0.3) is 5.91 Å². The Morgan fingerprint density at radius 2 is 1.62 bits per heavy atom. The lowest BCUT2D eigenvalue weighted by Gasteiger charge is -2.32. The second-order valence-electron chi connectivity index (χ2n) is 6.66. The quantitative estimate of drug-likeness (QED) is 0.544. The summed E-state index contributed by atoms with van der Waals surface area (Å²) < 4.78 is 66.9. The molecule has 2 aromatic rings. The van der Waals surface area contributed by atoms with Crippen molar-refractivity contribution in [3.05, 3.63) is 65.2 Å². The van der Waals surface area contributed by atoms with E-state index in [1.165, 1.54) is 23.1 Å². The second kappa shape index (κ2) is 8.18.